The van der Waals surface area contributed by atoms with E-state index in [0.29, 0.717) is 79.8 Å². The molecule has 0 aromatic heterocycles. The lowest BCUT2D eigenvalue weighted by atomic mass is 9.93. The van der Waals surface area contributed by atoms with Crippen molar-refractivity contribution in [2.75, 3.05) is 147 Å². The highest BCUT2D eigenvalue weighted by Gasteiger charge is 2.40. The topological polar surface area (TPSA) is 91.0 Å². The molecule has 432 valence electrons. The number of rotatable bonds is 9. The summed E-state index contributed by atoms with van der Waals surface area (Å²) in [6, 6.07) is 5.20. The third-order valence-corrected chi connectivity index (χ3v) is 17.2. The molecule has 1 saturated carbocycles. The van der Waals surface area contributed by atoms with E-state index in [9.17, 15) is 22.7 Å². The number of aryl methyl sites for hydroxylation is 1. The third kappa shape index (κ3) is 23.4. The Labute approximate surface area is 449 Å². The molecule has 8 atom stereocenters. The van der Waals surface area contributed by atoms with Crippen LogP contribution in [0.25, 0.3) is 0 Å². The normalized spacial score (nSPS) is 29.8. The molecule has 0 bridgehead atoms. The summed E-state index contributed by atoms with van der Waals surface area (Å²) in [5, 5.41) is 27.2. The van der Waals surface area contributed by atoms with Gasteiger partial charge in [0.2, 0.25) is 0 Å². The summed E-state index contributed by atoms with van der Waals surface area (Å²) in [7, 11) is 13.6. The first-order valence-corrected chi connectivity index (χ1v) is 29.3. The average Bonchev–Trinajstić information content (AvgIpc) is 3.95. The van der Waals surface area contributed by atoms with Gasteiger partial charge in [-0.15, -0.1) is 0 Å². The number of halogens is 4. The van der Waals surface area contributed by atoms with Crippen LogP contribution in [0.2, 0.25) is 0 Å². The van der Waals surface area contributed by atoms with Gasteiger partial charge in [0.15, 0.2) is 0 Å². The predicted octanol–water partition coefficient (Wildman–Crippen LogP) is 6.88. The Bertz CT molecular complexity index is 1670. The van der Waals surface area contributed by atoms with Gasteiger partial charge in [0.25, 0.3) is 0 Å². The lowest BCUT2D eigenvalue weighted by Gasteiger charge is -2.40. The van der Waals surface area contributed by atoms with Gasteiger partial charge in [0, 0.05) is 140 Å². The van der Waals surface area contributed by atoms with Gasteiger partial charge in [-0.05, 0) is 143 Å². The molecule has 1 spiro atoms. The molecule has 2 aliphatic heterocycles. The van der Waals surface area contributed by atoms with Crippen LogP contribution in [0.4, 0.5) is 17.6 Å². The molecule has 2 heterocycles. The van der Waals surface area contributed by atoms with E-state index in [-0.39, 0.29) is 17.6 Å². The molecule has 7 unspecified atom stereocenters. The Hall–Kier alpha value is -1.54. The van der Waals surface area contributed by atoms with Crippen LogP contribution in [0.3, 0.4) is 0 Å². The maximum atomic E-state index is 14.7. The zero-order valence-electron chi connectivity index (χ0n) is 49.2. The molecule has 1 aromatic rings. The van der Waals surface area contributed by atoms with Crippen molar-refractivity contribution in [3.8, 4) is 0 Å². The molecule has 5 N–H and O–H groups in total. The maximum absolute atomic E-state index is 14.7. The highest BCUT2D eigenvalue weighted by molar-refractivity contribution is 5.26. The highest BCUT2D eigenvalue weighted by atomic mass is 19.4. The van der Waals surface area contributed by atoms with Gasteiger partial charge >= 0.3 is 6.18 Å². The van der Waals surface area contributed by atoms with Crippen LogP contribution in [0, 0.1) is 23.6 Å². The van der Waals surface area contributed by atoms with Gasteiger partial charge in [0.05, 0.1) is 11.7 Å². The number of likely N-dealkylation sites (N-methyl/N-ethyl adjacent to an activating group) is 6. The number of nitrogens with zero attached hydrogens (tertiary/aromatic N) is 7. The van der Waals surface area contributed by atoms with Crippen LogP contribution < -0.4 is 21.3 Å². The summed E-state index contributed by atoms with van der Waals surface area (Å²) in [5.74, 6) is 0.560. The molecule has 4 rings (SSSR count). The van der Waals surface area contributed by atoms with E-state index in [1.54, 1.807) is 0 Å². The third-order valence-electron chi connectivity index (χ3n) is 17.2. The van der Waals surface area contributed by atoms with Crippen molar-refractivity contribution in [3.63, 3.8) is 0 Å². The van der Waals surface area contributed by atoms with Crippen molar-refractivity contribution in [3.05, 3.63) is 35.1 Å². The average molecular weight is 1050 g/mol. The van der Waals surface area contributed by atoms with Gasteiger partial charge in [-0.25, -0.2) is 4.39 Å². The number of fused-ring (bicyclic) bond motifs is 1. The molecule has 3 fully saturated rings. The first kappa shape index (κ1) is 65.0. The van der Waals surface area contributed by atoms with E-state index in [1.807, 2.05) is 0 Å². The molecule has 2 saturated heterocycles. The fourth-order valence-electron chi connectivity index (χ4n) is 11.8. The molecule has 1 aromatic carbocycles. The first-order chi connectivity index (χ1) is 34.9. The van der Waals surface area contributed by atoms with Gasteiger partial charge in [-0.3, -0.25) is 4.90 Å². The van der Waals surface area contributed by atoms with Crippen LogP contribution in [0.1, 0.15) is 124 Å². The standard InChI is InChI=1S/C58H111F4N11O/c1-14-46(6)56-42-70(11)32-31-69(10)30-29-68(9)28-27-67(8)26-24-63-49(19-17-48-18-20-54(55(59)35-48)58(60,61)62)40-73-41-53(74)36-52(73)39-66-57(22-15-16-23-57)43-72(13)51(34-45(4)5)37-64-47(7)21-25-71(12)50(38-65-56)33-44(2)3/h18,20,35,44-47,49-53,56,63-66,74H,14-17,19,21-34,36-43H2,1-13H3/t46-,47?,49?,50?,51?,52?,53?,56?/m0/s1. The Balaban J connectivity index is 1.53. The number of aliphatic hydroxyl groups is 1. The van der Waals surface area contributed by atoms with E-state index in [0.717, 1.165) is 136 Å². The summed E-state index contributed by atoms with van der Waals surface area (Å²) < 4.78 is 55.1. The van der Waals surface area contributed by atoms with E-state index in [1.165, 1.54) is 25.3 Å². The summed E-state index contributed by atoms with van der Waals surface area (Å²) in [4.78, 5) is 17.4. The van der Waals surface area contributed by atoms with Gasteiger partial charge in [0.1, 0.15) is 5.82 Å². The molecule has 16 heteroatoms. The van der Waals surface area contributed by atoms with Crippen molar-refractivity contribution < 1.29 is 22.7 Å². The highest BCUT2D eigenvalue weighted by Crippen LogP contribution is 2.33. The van der Waals surface area contributed by atoms with Crippen molar-refractivity contribution >= 4 is 0 Å². The molecule has 1 aliphatic carbocycles. The first-order valence-electron chi connectivity index (χ1n) is 29.3. The Morgan fingerprint density at radius 2 is 1.30 bits per heavy atom. The minimum atomic E-state index is -4.73. The maximum Gasteiger partial charge on any atom is 0.419 e. The quantitative estimate of drug-likeness (QED) is 0.167. The molecular formula is C58H111F4N11O. The predicted molar refractivity (Wildman–Crippen MR) is 302 cm³/mol. The summed E-state index contributed by atoms with van der Waals surface area (Å²) >= 11 is 0. The molecule has 12 nitrogen and oxygen atoms in total. The lowest BCUT2D eigenvalue weighted by molar-refractivity contribution is -0.140. The number of hydrogen-bond donors (Lipinski definition) is 5. The fourth-order valence-corrected chi connectivity index (χ4v) is 11.8. The second-order valence-corrected chi connectivity index (χ2v) is 25.0. The van der Waals surface area contributed by atoms with Crippen molar-refractivity contribution in [1.29, 1.82) is 0 Å². The van der Waals surface area contributed by atoms with Crippen LogP contribution in [-0.2, 0) is 12.6 Å². The number of hydrogen-bond acceptors (Lipinski definition) is 12. The van der Waals surface area contributed by atoms with Crippen LogP contribution >= 0.6 is 0 Å². The summed E-state index contributed by atoms with van der Waals surface area (Å²) in [6.07, 6.45) is 5.85. The summed E-state index contributed by atoms with van der Waals surface area (Å²) in [6.45, 7) is 31.1. The number of alkyl halides is 3. The zero-order chi connectivity index (χ0) is 54.6. The lowest BCUT2D eigenvalue weighted by Crippen LogP contribution is -2.57. The van der Waals surface area contributed by atoms with Gasteiger partial charge in [-0.2, -0.15) is 13.2 Å². The second kappa shape index (κ2) is 32.5. The minimum absolute atomic E-state index is 0.000962. The monoisotopic (exact) mass is 1050 g/mol. The Kier molecular flexibility index (Phi) is 28.6. The summed E-state index contributed by atoms with van der Waals surface area (Å²) in [5.41, 5.74) is -0.670. The molecular weight excluding hydrogens is 943 g/mol. The smallest absolute Gasteiger partial charge is 0.392 e. The Morgan fingerprint density at radius 1 is 0.716 bits per heavy atom. The number of nitrogens with one attached hydrogen (secondary N) is 4. The van der Waals surface area contributed by atoms with Crippen LogP contribution in [0.5, 0.6) is 0 Å². The SMILES string of the molecule is CC[C@H](C)C1CN(C)CCN(C)CCN(C)CCN(C)CCNC(CCc2ccc(C(F)(F)F)c(F)c2)CN2CC(O)CC2CNC2(CCCC2)CN(C)C(CC(C)C)CNC(C)CCN(C)C(CC(C)C)CN1. The van der Waals surface area contributed by atoms with E-state index < -0.39 is 23.7 Å². The van der Waals surface area contributed by atoms with Crippen LogP contribution in [0.15, 0.2) is 18.2 Å². The minimum Gasteiger partial charge on any atom is -0.392 e. The second-order valence-electron chi connectivity index (χ2n) is 25.0. The van der Waals surface area contributed by atoms with E-state index in [2.05, 4.69) is 146 Å². The van der Waals surface area contributed by atoms with Crippen molar-refractivity contribution in [2.45, 2.75) is 173 Å². The Morgan fingerprint density at radius 3 is 1.88 bits per heavy atom. The van der Waals surface area contributed by atoms with Crippen molar-refractivity contribution in [2.24, 2.45) is 17.8 Å². The zero-order valence-corrected chi connectivity index (χ0v) is 49.2. The molecule has 0 amide bonds. The number of aliphatic hydroxyl groups excluding tert-OH is 1. The molecule has 74 heavy (non-hydrogen) atoms. The number of benzene rings is 1. The van der Waals surface area contributed by atoms with E-state index in [4.69, 9.17) is 0 Å². The largest absolute Gasteiger partial charge is 0.419 e. The van der Waals surface area contributed by atoms with E-state index >= 15 is 0 Å². The van der Waals surface area contributed by atoms with Crippen molar-refractivity contribution in [1.82, 2.24) is 55.6 Å². The fraction of sp³-hybridized carbons (Fsp3) is 0.897. The van der Waals surface area contributed by atoms with Gasteiger partial charge in [-0.1, -0.05) is 66.9 Å². The van der Waals surface area contributed by atoms with Gasteiger partial charge < -0.3 is 55.8 Å². The molecule has 0 radical (unpaired) electrons. The molecule has 3 aliphatic rings. The van der Waals surface area contributed by atoms with Crippen LogP contribution in [-0.4, -0.2) is 234 Å².